The van der Waals surface area contributed by atoms with Gasteiger partial charge in [-0.1, -0.05) is 6.07 Å². The molecule has 1 heterocycles. The quantitative estimate of drug-likeness (QED) is 0.918. The lowest BCUT2D eigenvalue weighted by Crippen LogP contribution is -2.65. The maximum absolute atomic E-state index is 12.4. The van der Waals surface area contributed by atoms with Crippen LogP contribution in [0.2, 0.25) is 0 Å². The number of β-amino-alcohol motifs (C(OH)–C–C–N with tert-alkyl or cyclic N) is 1. The highest BCUT2D eigenvalue weighted by molar-refractivity contribution is 5.82. The topological polar surface area (TPSA) is 59.0 Å². The van der Waals surface area contributed by atoms with Crippen molar-refractivity contribution in [2.24, 2.45) is 0 Å². The van der Waals surface area contributed by atoms with Crippen molar-refractivity contribution in [3.8, 4) is 11.5 Å². The molecule has 0 spiro atoms. The highest BCUT2D eigenvalue weighted by Gasteiger charge is 2.58. The second kappa shape index (κ2) is 6.05. The molecule has 132 valence electrons. The normalized spacial score (nSPS) is 30.8. The van der Waals surface area contributed by atoms with Crippen LogP contribution in [0.25, 0.3) is 0 Å². The Hall–Kier alpha value is -1.59. The van der Waals surface area contributed by atoms with Crippen LogP contribution in [-0.2, 0) is 10.2 Å². The standard InChI is InChI=1S/C19H27NO4/c1-13-5-6-15(23-3)17(24-4)16(13)18-9-10-20(2)12-19(18,22)8-7-14(21)11-18/h5-6,22H,7-12H2,1-4H3/t18-,19-/m1/s1. The first kappa shape index (κ1) is 17.2. The number of fused-ring (bicyclic) bond motifs is 1. The van der Waals surface area contributed by atoms with E-state index in [1.54, 1.807) is 14.2 Å². The Morgan fingerprint density at radius 1 is 1.21 bits per heavy atom. The SMILES string of the molecule is COc1ccc(C)c([C@]23CCN(C)C[C@]2(O)CCC(=O)C3)c1OC. The summed E-state index contributed by atoms with van der Waals surface area (Å²) in [6.07, 6.45) is 2.03. The minimum atomic E-state index is -0.932. The number of benzene rings is 1. The number of rotatable bonds is 3. The summed E-state index contributed by atoms with van der Waals surface area (Å²) in [5.41, 5.74) is 0.426. The zero-order chi connectivity index (χ0) is 17.5. The Morgan fingerprint density at radius 3 is 2.62 bits per heavy atom. The molecule has 1 aliphatic heterocycles. The maximum atomic E-state index is 12.4. The average molecular weight is 333 g/mol. The van der Waals surface area contributed by atoms with Gasteiger partial charge in [-0.05, 0) is 45.0 Å². The van der Waals surface area contributed by atoms with Gasteiger partial charge in [0.25, 0.3) is 0 Å². The van der Waals surface area contributed by atoms with E-state index in [-0.39, 0.29) is 5.78 Å². The van der Waals surface area contributed by atoms with Crippen molar-refractivity contribution in [3.63, 3.8) is 0 Å². The van der Waals surface area contributed by atoms with Crippen molar-refractivity contribution in [3.05, 3.63) is 23.3 Å². The lowest BCUT2D eigenvalue weighted by Gasteiger charge is -2.56. The number of methoxy groups -OCH3 is 2. The maximum Gasteiger partial charge on any atom is 0.164 e. The number of aliphatic hydroxyl groups is 1. The number of ether oxygens (including phenoxy) is 2. The van der Waals surface area contributed by atoms with E-state index >= 15 is 0 Å². The van der Waals surface area contributed by atoms with Gasteiger partial charge in [0.1, 0.15) is 5.78 Å². The summed E-state index contributed by atoms with van der Waals surface area (Å²) in [5.74, 6) is 1.51. The van der Waals surface area contributed by atoms with Gasteiger partial charge in [0, 0.05) is 30.4 Å². The molecule has 1 aromatic carbocycles. The molecule has 3 rings (SSSR count). The van der Waals surface area contributed by atoms with Gasteiger partial charge in [0.2, 0.25) is 0 Å². The number of hydrogen-bond donors (Lipinski definition) is 1. The lowest BCUT2D eigenvalue weighted by molar-refractivity contribution is -0.145. The highest BCUT2D eigenvalue weighted by atomic mass is 16.5. The fourth-order valence-corrected chi connectivity index (χ4v) is 4.70. The summed E-state index contributed by atoms with van der Waals surface area (Å²) < 4.78 is 11.2. The van der Waals surface area contributed by atoms with Crippen LogP contribution < -0.4 is 9.47 Å². The molecule has 0 unspecified atom stereocenters. The van der Waals surface area contributed by atoms with Gasteiger partial charge in [-0.25, -0.2) is 0 Å². The zero-order valence-electron chi connectivity index (χ0n) is 15.0. The van der Waals surface area contributed by atoms with Gasteiger partial charge in [-0.3, -0.25) is 4.79 Å². The third kappa shape index (κ3) is 2.42. The number of nitrogens with zero attached hydrogens (tertiary/aromatic N) is 1. The third-order valence-electron chi connectivity index (χ3n) is 5.89. The van der Waals surface area contributed by atoms with E-state index in [9.17, 15) is 9.90 Å². The Morgan fingerprint density at radius 2 is 1.96 bits per heavy atom. The number of aryl methyl sites for hydroxylation is 1. The second-order valence-corrected chi connectivity index (χ2v) is 7.31. The molecule has 0 bridgehead atoms. The molecule has 1 N–H and O–H groups in total. The van der Waals surface area contributed by atoms with Crippen molar-refractivity contribution >= 4 is 5.78 Å². The predicted octanol–water partition coefficient (Wildman–Crippen LogP) is 2.07. The highest BCUT2D eigenvalue weighted by Crippen LogP contribution is 2.55. The Labute approximate surface area is 143 Å². The van der Waals surface area contributed by atoms with E-state index in [1.165, 1.54) is 0 Å². The number of ketones is 1. The number of hydrogen-bond acceptors (Lipinski definition) is 5. The average Bonchev–Trinajstić information content (AvgIpc) is 2.55. The molecule has 1 aliphatic carbocycles. The van der Waals surface area contributed by atoms with Crippen molar-refractivity contribution in [2.45, 2.75) is 43.6 Å². The monoisotopic (exact) mass is 333 g/mol. The number of carbonyl (C=O) groups is 1. The summed E-state index contributed by atoms with van der Waals surface area (Å²) >= 11 is 0. The van der Waals surface area contributed by atoms with E-state index in [1.807, 2.05) is 26.1 Å². The van der Waals surface area contributed by atoms with Crippen LogP contribution in [-0.4, -0.2) is 55.7 Å². The Bertz CT molecular complexity index is 659. The molecule has 5 nitrogen and oxygen atoms in total. The fourth-order valence-electron chi connectivity index (χ4n) is 4.70. The molecular formula is C19H27NO4. The third-order valence-corrected chi connectivity index (χ3v) is 5.89. The van der Waals surface area contributed by atoms with Crippen molar-refractivity contribution in [2.75, 3.05) is 34.4 Å². The minimum Gasteiger partial charge on any atom is -0.493 e. The molecule has 1 aromatic rings. The van der Waals surface area contributed by atoms with Crippen LogP contribution in [0, 0.1) is 6.92 Å². The van der Waals surface area contributed by atoms with E-state index in [0.29, 0.717) is 37.3 Å². The van der Waals surface area contributed by atoms with E-state index in [0.717, 1.165) is 24.1 Å². The van der Waals surface area contributed by atoms with Crippen molar-refractivity contribution in [1.29, 1.82) is 0 Å². The molecule has 0 aromatic heterocycles. The van der Waals surface area contributed by atoms with Crippen LogP contribution in [0.5, 0.6) is 11.5 Å². The van der Waals surface area contributed by atoms with E-state index < -0.39 is 11.0 Å². The predicted molar refractivity (Wildman–Crippen MR) is 91.9 cm³/mol. The summed E-state index contributed by atoms with van der Waals surface area (Å²) in [4.78, 5) is 14.5. The van der Waals surface area contributed by atoms with E-state index in [2.05, 4.69) is 4.90 Å². The number of likely N-dealkylation sites (N-methyl/N-ethyl adjacent to an activating group) is 1. The molecule has 0 radical (unpaired) electrons. The van der Waals surface area contributed by atoms with Crippen LogP contribution >= 0.6 is 0 Å². The lowest BCUT2D eigenvalue weighted by atomic mass is 9.55. The van der Waals surface area contributed by atoms with Gasteiger partial charge < -0.3 is 19.5 Å². The molecule has 0 amide bonds. The van der Waals surface area contributed by atoms with Crippen LogP contribution in [0.15, 0.2) is 12.1 Å². The first-order valence-corrected chi connectivity index (χ1v) is 8.51. The van der Waals surface area contributed by atoms with Gasteiger partial charge in [-0.15, -0.1) is 0 Å². The minimum absolute atomic E-state index is 0.216. The molecule has 5 heteroatoms. The summed E-state index contributed by atoms with van der Waals surface area (Å²) in [6.45, 7) is 3.43. The Kier molecular flexibility index (Phi) is 4.34. The number of piperidine rings is 1. The first-order valence-electron chi connectivity index (χ1n) is 8.51. The number of Topliss-reactive ketones (excluding diaryl/α,β-unsaturated/α-hetero) is 1. The largest absolute Gasteiger partial charge is 0.493 e. The summed E-state index contributed by atoms with van der Waals surface area (Å²) in [5, 5.41) is 11.6. The van der Waals surface area contributed by atoms with Crippen LogP contribution in [0.1, 0.15) is 36.8 Å². The number of carbonyl (C=O) groups excluding carboxylic acids is 1. The number of likely N-dealkylation sites (tertiary alicyclic amines) is 1. The fraction of sp³-hybridized carbons (Fsp3) is 0.632. The first-order chi connectivity index (χ1) is 11.4. The zero-order valence-corrected chi connectivity index (χ0v) is 15.0. The summed E-state index contributed by atoms with van der Waals surface area (Å²) in [6, 6.07) is 3.87. The molecular weight excluding hydrogens is 306 g/mol. The van der Waals surface area contributed by atoms with Crippen LogP contribution in [0.3, 0.4) is 0 Å². The van der Waals surface area contributed by atoms with Gasteiger partial charge in [0.15, 0.2) is 11.5 Å². The molecule has 1 saturated carbocycles. The molecule has 1 saturated heterocycles. The summed E-state index contributed by atoms with van der Waals surface area (Å²) in [7, 11) is 5.26. The molecule has 2 fully saturated rings. The molecule has 24 heavy (non-hydrogen) atoms. The molecule has 2 atom stereocenters. The van der Waals surface area contributed by atoms with Gasteiger partial charge in [0.05, 0.1) is 19.8 Å². The van der Waals surface area contributed by atoms with Crippen LogP contribution in [0.4, 0.5) is 0 Å². The van der Waals surface area contributed by atoms with Crippen molar-refractivity contribution in [1.82, 2.24) is 4.90 Å². The van der Waals surface area contributed by atoms with E-state index in [4.69, 9.17) is 9.47 Å². The Balaban J connectivity index is 2.25. The van der Waals surface area contributed by atoms with Gasteiger partial charge in [-0.2, -0.15) is 0 Å². The van der Waals surface area contributed by atoms with Gasteiger partial charge >= 0.3 is 0 Å². The molecule has 2 aliphatic rings. The smallest absolute Gasteiger partial charge is 0.164 e. The second-order valence-electron chi connectivity index (χ2n) is 7.31. The van der Waals surface area contributed by atoms with Crippen molar-refractivity contribution < 1.29 is 19.4 Å².